The Morgan fingerprint density at radius 2 is 0.587 bits per heavy atom. The molecule has 0 amide bonds. The van der Waals surface area contributed by atoms with Crippen LogP contribution in [0.15, 0.2) is 404 Å². The van der Waals surface area contributed by atoms with E-state index in [4.69, 9.17) is 0 Å². The number of fused-ring (bicyclic) bond motifs is 8. The fourth-order valence-electron chi connectivity index (χ4n) is 16.9. The van der Waals surface area contributed by atoms with Gasteiger partial charge in [-0.25, -0.2) is 0 Å². The molecule has 4 heterocycles. The van der Waals surface area contributed by atoms with Crippen LogP contribution in [0, 0.1) is 0 Å². The van der Waals surface area contributed by atoms with E-state index in [1.54, 1.807) is 0 Å². The van der Waals surface area contributed by atoms with Gasteiger partial charge in [-0.3, -0.25) is 0 Å². The van der Waals surface area contributed by atoms with E-state index in [0.29, 0.717) is 0 Å². The maximum atomic E-state index is 2.69. The molecule has 0 spiro atoms. The Labute approximate surface area is 612 Å². The Morgan fingerprint density at radius 3 is 1.10 bits per heavy atom. The molecule has 16 aromatic carbocycles. The molecule has 20 rings (SSSR count). The fourth-order valence-corrected chi connectivity index (χ4v) is 18.1. The van der Waals surface area contributed by atoms with Crippen LogP contribution in [-0.2, 0) is 0 Å². The molecule has 0 unspecified atom stereocenters. The van der Waals surface area contributed by atoms with E-state index < -0.39 is 0 Å². The first-order valence-electron chi connectivity index (χ1n) is 35.8. The number of benzene rings is 16. The van der Waals surface area contributed by atoms with Gasteiger partial charge in [0.15, 0.2) is 0 Å². The van der Waals surface area contributed by atoms with E-state index in [1.165, 1.54) is 42.6 Å². The summed E-state index contributed by atoms with van der Waals surface area (Å²) in [6.45, 7) is -0.385. The average molecular weight is 1340 g/mol. The lowest BCUT2D eigenvalue weighted by Gasteiger charge is -2.47. The number of hydrogen-bond donors (Lipinski definition) is 0. The van der Waals surface area contributed by atoms with Gasteiger partial charge in [0, 0.05) is 100 Å². The SMILES string of the molecule is c1ccc(-c2cccc(-c3ccccc3)c2N(c2ccccc2)c2cc3c4c(c2)N(c2ccccc2)c2cc5c(cc2B4c2ccccc2S3)B2c3ccccc3N(c3ccccc3)c3cc(N(c4ccccc4)c4ccccc4)cc(c32)N5c2c(-c3ccccc3)cccc2-c2ccccc2)cc1. The third-order valence-corrected chi connectivity index (χ3v) is 22.3. The van der Waals surface area contributed by atoms with Crippen LogP contribution in [0.3, 0.4) is 0 Å². The Balaban J connectivity index is 0.927. The summed E-state index contributed by atoms with van der Waals surface area (Å²) in [4.78, 5) is 15.3. The second-order valence-electron chi connectivity index (χ2n) is 27.0. The van der Waals surface area contributed by atoms with Crippen molar-refractivity contribution in [2.24, 2.45) is 0 Å². The molecule has 0 bridgehead atoms. The summed E-state index contributed by atoms with van der Waals surface area (Å²) < 4.78 is 0. The number of rotatable bonds is 13. The van der Waals surface area contributed by atoms with E-state index in [0.717, 1.165) is 130 Å². The van der Waals surface area contributed by atoms with Crippen LogP contribution < -0.4 is 57.3 Å². The molecule has 0 N–H and O–H groups in total. The molecule has 16 aromatic rings. The van der Waals surface area contributed by atoms with Crippen LogP contribution in [0.2, 0.25) is 0 Å². The van der Waals surface area contributed by atoms with Crippen LogP contribution in [0.1, 0.15) is 0 Å². The zero-order valence-electron chi connectivity index (χ0n) is 56.8. The summed E-state index contributed by atoms with van der Waals surface area (Å²) in [5.74, 6) is 0. The number of hydrogen-bond acceptors (Lipinski definition) is 6. The lowest BCUT2D eigenvalue weighted by atomic mass is 9.30. The third-order valence-electron chi connectivity index (χ3n) is 21.2. The molecule has 0 aliphatic carbocycles. The minimum Gasteiger partial charge on any atom is -0.311 e. The van der Waals surface area contributed by atoms with Crippen LogP contribution in [0.5, 0.6) is 0 Å². The standard InChI is InChI=1S/C96H65B2N5S/c1-10-34-66(35-11-1)77-52-32-53-78(67-36-12-2-13-37-67)95(77)100(72-46-22-7-23-47-72)76-62-90-94-92(63-76)104-91-59-31-29-57-82(91)98(94)83-64-84-87(65-86(83)102(90)74-50-26-9-27-51-74)103(96-79(68-38-14-3-15-39-68)54-33-55-80(96)69-40-16-4-17-41-69)89-61-75(99(70-42-18-5-19-43-70)71-44-20-6-21-45-71)60-88-93(89)97(84)81-56-28-30-58-85(81)101(88)73-48-24-8-25-49-73/h1-65H. The number of para-hydroxylation sites is 8. The molecule has 0 atom stereocenters. The van der Waals surface area contributed by atoms with Gasteiger partial charge in [0.05, 0.1) is 17.1 Å². The van der Waals surface area contributed by atoms with Gasteiger partial charge in [-0.2, -0.15) is 0 Å². The predicted octanol–water partition coefficient (Wildman–Crippen LogP) is 22.1. The molecule has 8 heteroatoms. The lowest BCUT2D eigenvalue weighted by molar-refractivity contribution is 1.21. The highest BCUT2D eigenvalue weighted by Crippen LogP contribution is 2.55. The molecule has 0 fully saturated rings. The van der Waals surface area contributed by atoms with Crippen molar-refractivity contribution < 1.29 is 0 Å². The van der Waals surface area contributed by atoms with Crippen molar-refractivity contribution in [1.29, 1.82) is 0 Å². The fraction of sp³-hybridized carbons (Fsp3) is 0. The van der Waals surface area contributed by atoms with Crippen molar-refractivity contribution in [2.75, 3.05) is 24.5 Å². The molecule has 486 valence electrons. The van der Waals surface area contributed by atoms with Gasteiger partial charge in [0.1, 0.15) is 0 Å². The van der Waals surface area contributed by atoms with Crippen molar-refractivity contribution in [1.82, 2.24) is 0 Å². The van der Waals surface area contributed by atoms with Crippen molar-refractivity contribution in [3.05, 3.63) is 394 Å². The topological polar surface area (TPSA) is 16.2 Å². The van der Waals surface area contributed by atoms with E-state index in [1.807, 2.05) is 11.8 Å². The minimum atomic E-state index is -0.225. The molecule has 4 aliphatic heterocycles. The quantitative estimate of drug-likeness (QED) is 0.106. The zero-order valence-corrected chi connectivity index (χ0v) is 57.6. The smallest absolute Gasteiger partial charge is 0.252 e. The Kier molecular flexibility index (Phi) is 15.0. The number of anilines is 15. The maximum absolute atomic E-state index is 2.69. The molecule has 0 radical (unpaired) electrons. The zero-order chi connectivity index (χ0) is 68.6. The van der Waals surface area contributed by atoms with E-state index in [9.17, 15) is 0 Å². The molecular weight excluding hydrogens is 1280 g/mol. The van der Waals surface area contributed by atoms with Crippen LogP contribution in [0.25, 0.3) is 44.5 Å². The van der Waals surface area contributed by atoms with Crippen molar-refractivity contribution in [3.63, 3.8) is 0 Å². The second-order valence-corrected chi connectivity index (χ2v) is 28.1. The highest BCUT2D eigenvalue weighted by molar-refractivity contribution is 8.00. The van der Waals surface area contributed by atoms with Crippen LogP contribution in [0.4, 0.5) is 85.3 Å². The first-order chi connectivity index (χ1) is 51.7. The predicted molar refractivity (Wildman–Crippen MR) is 441 cm³/mol. The van der Waals surface area contributed by atoms with Gasteiger partial charge < -0.3 is 24.5 Å². The van der Waals surface area contributed by atoms with Crippen LogP contribution in [-0.4, -0.2) is 13.4 Å². The third kappa shape index (κ3) is 10.1. The molecule has 0 aromatic heterocycles. The molecule has 5 nitrogen and oxygen atoms in total. The Morgan fingerprint density at radius 1 is 0.221 bits per heavy atom. The molecule has 0 saturated heterocycles. The van der Waals surface area contributed by atoms with Gasteiger partial charge >= 0.3 is 0 Å². The summed E-state index contributed by atoms with van der Waals surface area (Å²) in [6, 6.07) is 146. The molecule has 104 heavy (non-hydrogen) atoms. The van der Waals surface area contributed by atoms with E-state index >= 15 is 0 Å². The first kappa shape index (κ1) is 60.9. The van der Waals surface area contributed by atoms with Gasteiger partial charge in [-0.05, 0) is 153 Å². The maximum Gasteiger partial charge on any atom is 0.252 e. The highest BCUT2D eigenvalue weighted by atomic mass is 32.2. The average Bonchev–Trinajstić information content (AvgIpc) is 0.683. The van der Waals surface area contributed by atoms with E-state index in [-0.39, 0.29) is 13.4 Å². The van der Waals surface area contributed by atoms with E-state index in [2.05, 4.69) is 419 Å². The first-order valence-corrected chi connectivity index (χ1v) is 36.6. The largest absolute Gasteiger partial charge is 0.311 e. The van der Waals surface area contributed by atoms with Gasteiger partial charge in [0.25, 0.3) is 6.71 Å². The summed E-state index contributed by atoms with van der Waals surface area (Å²) in [5, 5.41) is 0. The normalized spacial score (nSPS) is 12.7. The molecule has 4 aliphatic rings. The molecule has 0 saturated carbocycles. The van der Waals surface area contributed by atoms with Crippen molar-refractivity contribution in [3.8, 4) is 44.5 Å². The second kappa shape index (κ2) is 25.6. The Hall–Kier alpha value is -13.0. The van der Waals surface area contributed by atoms with Crippen molar-refractivity contribution >= 4 is 143 Å². The summed E-state index contributed by atoms with van der Waals surface area (Å²) in [7, 11) is 0. The van der Waals surface area contributed by atoms with Crippen LogP contribution >= 0.6 is 11.8 Å². The monoisotopic (exact) mass is 1340 g/mol. The summed E-state index contributed by atoms with van der Waals surface area (Å²) >= 11 is 1.90. The van der Waals surface area contributed by atoms with Gasteiger partial charge in [0.2, 0.25) is 6.71 Å². The van der Waals surface area contributed by atoms with Crippen molar-refractivity contribution in [2.45, 2.75) is 9.79 Å². The summed E-state index contributed by atoms with van der Waals surface area (Å²) in [6.07, 6.45) is 0. The minimum absolute atomic E-state index is 0.161. The highest BCUT2D eigenvalue weighted by Gasteiger charge is 2.49. The van der Waals surface area contributed by atoms with Gasteiger partial charge in [-0.15, -0.1) is 0 Å². The Bertz CT molecular complexity index is 5770. The number of nitrogens with zero attached hydrogens (tertiary/aromatic N) is 5. The summed E-state index contributed by atoms with van der Waals surface area (Å²) in [5.41, 5.74) is 33.0. The lowest BCUT2D eigenvalue weighted by Crippen LogP contribution is -2.64. The van der Waals surface area contributed by atoms with Gasteiger partial charge in [-0.1, -0.05) is 308 Å². The molecular formula is C96H65B2N5S.